The van der Waals surface area contributed by atoms with Crippen molar-refractivity contribution in [3.05, 3.63) is 74.9 Å². The van der Waals surface area contributed by atoms with Crippen molar-refractivity contribution in [2.45, 2.75) is 6.92 Å². The maximum absolute atomic E-state index is 12.4. The average Bonchev–Trinajstić information content (AvgIpc) is 2.60. The van der Waals surface area contributed by atoms with Gasteiger partial charge in [0.25, 0.3) is 0 Å². The van der Waals surface area contributed by atoms with Crippen LogP contribution in [0.15, 0.2) is 67.0 Å². The van der Waals surface area contributed by atoms with E-state index in [0.29, 0.717) is 33.4 Å². The monoisotopic (exact) mass is 347 g/mol. The van der Waals surface area contributed by atoms with Gasteiger partial charge in [0.2, 0.25) is 0 Å². The summed E-state index contributed by atoms with van der Waals surface area (Å²) in [6.07, 6.45) is 0. The second-order valence-corrected chi connectivity index (χ2v) is 6.00. The van der Waals surface area contributed by atoms with E-state index in [1.807, 2.05) is 0 Å². The van der Waals surface area contributed by atoms with E-state index in [0.717, 1.165) is 5.39 Å². The van der Waals surface area contributed by atoms with Gasteiger partial charge in [-0.2, -0.15) is 0 Å². The highest BCUT2D eigenvalue weighted by molar-refractivity contribution is 5.97. The zero-order valence-electron chi connectivity index (χ0n) is 13.7. The van der Waals surface area contributed by atoms with Crippen LogP contribution in [-0.4, -0.2) is 5.78 Å². The van der Waals surface area contributed by atoms with Gasteiger partial charge in [0, 0.05) is 22.5 Å². The van der Waals surface area contributed by atoms with E-state index in [-0.39, 0.29) is 11.3 Å². The number of hydrogen-bond acceptors (Lipinski definition) is 6. The first-order valence-electron chi connectivity index (χ1n) is 7.85. The van der Waals surface area contributed by atoms with Crippen molar-refractivity contribution in [2.24, 2.45) is 0 Å². The molecule has 0 bridgehead atoms. The SMILES string of the molecule is CC(=O)c1cc2cc(-c3cc4ccc(N)cc4oc3=O)ccc2oc1=O. The van der Waals surface area contributed by atoms with E-state index in [1.165, 1.54) is 13.0 Å². The summed E-state index contributed by atoms with van der Waals surface area (Å²) < 4.78 is 10.5. The standard InChI is InChI=1S/C20H13NO5/c1-10(22)15-8-13-6-11(3-5-17(13)25-19(15)23)16-7-12-2-4-14(21)9-18(12)26-20(16)24/h2-9H,21H2,1H3. The van der Waals surface area contributed by atoms with E-state index in [4.69, 9.17) is 14.6 Å². The van der Waals surface area contributed by atoms with Crippen molar-refractivity contribution in [3.8, 4) is 11.1 Å². The van der Waals surface area contributed by atoms with Crippen molar-refractivity contribution in [1.29, 1.82) is 0 Å². The molecule has 0 fully saturated rings. The van der Waals surface area contributed by atoms with Gasteiger partial charge >= 0.3 is 11.3 Å². The summed E-state index contributed by atoms with van der Waals surface area (Å²) in [7, 11) is 0. The molecule has 26 heavy (non-hydrogen) atoms. The van der Waals surface area contributed by atoms with Crippen molar-refractivity contribution in [2.75, 3.05) is 5.73 Å². The van der Waals surface area contributed by atoms with Crippen LogP contribution in [-0.2, 0) is 0 Å². The summed E-state index contributed by atoms with van der Waals surface area (Å²) >= 11 is 0. The van der Waals surface area contributed by atoms with Crippen LogP contribution < -0.4 is 17.0 Å². The number of fused-ring (bicyclic) bond motifs is 2. The Balaban J connectivity index is 1.95. The van der Waals surface area contributed by atoms with Gasteiger partial charge in [0.1, 0.15) is 16.7 Å². The van der Waals surface area contributed by atoms with Crippen LogP contribution in [0.5, 0.6) is 0 Å². The molecule has 2 aromatic heterocycles. The number of carbonyl (C=O) groups is 1. The highest BCUT2D eigenvalue weighted by atomic mass is 16.4. The van der Waals surface area contributed by atoms with Crippen LogP contribution in [0, 0.1) is 0 Å². The van der Waals surface area contributed by atoms with E-state index >= 15 is 0 Å². The van der Waals surface area contributed by atoms with Crippen LogP contribution in [0.2, 0.25) is 0 Å². The molecule has 0 unspecified atom stereocenters. The summed E-state index contributed by atoms with van der Waals surface area (Å²) in [5.74, 6) is -0.381. The molecule has 0 atom stereocenters. The van der Waals surface area contributed by atoms with Crippen LogP contribution in [0.3, 0.4) is 0 Å². The third-order valence-electron chi connectivity index (χ3n) is 4.18. The van der Waals surface area contributed by atoms with Crippen molar-refractivity contribution in [3.63, 3.8) is 0 Å². The molecule has 4 aromatic rings. The molecule has 6 nitrogen and oxygen atoms in total. The van der Waals surface area contributed by atoms with E-state index in [9.17, 15) is 14.4 Å². The predicted octanol–water partition coefficient (Wildman–Crippen LogP) is 3.35. The Morgan fingerprint density at radius 3 is 2.38 bits per heavy atom. The second kappa shape index (κ2) is 5.70. The molecule has 2 N–H and O–H groups in total. The Bertz CT molecular complexity index is 1310. The Morgan fingerprint density at radius 2 is 1.62 bits per heavy atom. The minimum absolute atomic E-state index is 0.0318. The summed E-state index contributed by atoms with van der Waals surface area (Å²) in [6, 6.07) is 13.2. The zero-order chi connectivity index (χ0) is 18.4. The quantitative estimate of drug-likeness (QED) is 0.339. The number of Topliss-reactive ketones (excluding diaryl/α,β-unsaturated/α-hetero) is 1. The van der Waals surface area contributed by atoms with E-state index in [2.05, 4.69) is 0 Å². The first-order valence-corrected chi connectivity index (χ1v) is 7.85. The molecule has 0 amide bonds. The molecule has 0 radical (unpaired) electrons. The molecule has 2 heterocycles. The normalized spacial score (nSPS) is 11.1. The van der Waals surface area contributed by atoms with Crippen molar-refractivity contribution in [1.82, 2.24) is 0 Å². The molecule has 0 saturated heterocycles. The molecule has 0 aliphatic rings. The Kier molecular flexibility index (Phi) is 3.47. The van der Waals surface area contributed by atoms with Crippen LogP contribution in [0.1, 0.15) is 17.3 Å². The van der Waals surface area contributed by atoms with Crippen molar-refractivity contribution >= 4 is 33.4 Å². The maximum atomic E-state index is 12.4. The third kappa shape index (κ3) is 2.57. The number of nitrogen functional groups attached to an aromatic ring is 1. The predicted molar refractivity (Wildman–Crippen MR) is 98.4 cm³/mol. The maximum Gasteiger partial charge on any atom is 0.347 e. The first kappa shape index (κ1) is 15.8. The number of nitrogens with two attached hydrogens (primary N) is 1. The minimum atomic E-state index is -0.680. The van der Waals surface area contributed by atoms with Gasteiger partial charge in [-0.15, -0.1) is 0 Å². The number of rotatable bonds is 2. The summed E-state index contributed by atoms with van der Waals surface area (Å²) in [5, 5.41) is 1.28. The van der Waals surface area contributed by atoms with Crippen LogP contribution in [0.4, 0.5) is 5.69 Å². The lowest BCUT2D eigenvalue weighted by Crippen LogP contribution is -2.11. The number of benzene rings is 2. The number of carbonyl (C=O) groups excluding carboxylic acids is 1. The first-order chi connectivity index (χ1) is 12.4. The third-order valence-corrected chi connectivity index (χ3v) is 4.18. The zero-order valence-corrected chi connectivity index (χ0v) is 13.7. The molecule has 128 valence electrons. The van der Waals surface area contributed by atoms with Gasteiger partial charge in [-0.25, -0.2) is 9.59 Å². The van der Waals surface area contributed by atoms with Gasteiger partial charge in [-0.1, -0.05) is 6.07 Å². The average molecular weight is 347 g/mol. The number of hydrogen-bond donors (Lipinski definition) is 1. The molecule has 6 heteroatoms. The fraction of sp³-hybridized carbons (Fsp3) is 0.0500. The van der Waals surface area contributed by atoms with Gasteiger partial charge < -0.3 is 14.6 Å². The lowest BCUT2D eigenvalue weighted by molar-refractivity contribution is 0.101. The summed E-state index contributed by atoms with van der Waals surface area (Å²) in [4.78, 5) is 35.7. The lowest BCUT2D eigenvalue weighted by Gasteiger charge is -2.05. The highest BCUT2D eigenvalue weighted by Gasteiger charge is 2.12. The molecule has 0 spiro atoms. The molecular weight excluding hydrogens is 334 g/mol. The topological polar surface area (TPSA) is 104 Å². The fourth-order valence-electron chi connectivity index (χ4n) is 2.87. The molecule has 0 saturated carbocycles. The van der Waals surface area contributed by atoms with Crippen LogP contribution in [0.25, 0.3) is 33.1 Å². The van der Waals surface area contributed by atoms with Gasteiger partial charge in [0.15, 0.2) is 5.78 Å². The Morgan fingerprint density at radius 1 is 0.846 bits per heavy atom. The second-order valence-electron chi connectivity index (χ2n) is 6.00. The van der Waals surface area contributed by atoms with Gasteiger partial charge in [0.05, 0.1) is 5.56 Å². The van der Waals surface area contributed by atoms with E-state index < -0.39 is 11.3 Å². The Hall–Kier alpha value is -3.67. The largest absolute Gasteiger partial charge is 0.422 e. The number of anilines is 1. The van der Waals surface area contributed by atoms with Crippen molar-refractivity contribution < 1.29 is 13.6 Å². The minimum Gasteiger partial charge on any atom is -0.422 e. The van der Waals surface area contributed by atoms with E-state index in [1.54, 1.807) is 42.5 Å². The van der Waals surface area contributed by atoms with Crippen LogP contribution >= 0.6 is 0 Å². The molecule has 0 aliphatic heterocycles. The van der Waals surface area contributed by atoms with Gasteiger partial charge in [-0.3, -0.25) is 4.79 Å². The smallest absolute Gasteiger partial charge is 0.347 e. The molecule has 4 rings (SSSR count). The molecule has 0 aliphatic carbocycles. The number of ketones is 1. The lowest BCUT2D eigenvalue weighted by atomic mass is 10.0. The Labute approximate surface area is 146 Å². The summed E-state index contributed by atoms with van der Waals surface area (Å²) in [5.41, 5.74) is 6.69. The molecular formula is C20H13NO5. The fourth-order valence-corrected chi connectivity index (χ4v) is 2.87. The highest BCUT2D eigenvalue weighted by Crippen LogP contribution is 2.25. The summed E-state index contributed by atoms with van der Waals surface area (Å²) in [6.45, 7) is 1.30. The molecule has 2 aromatic carbocycles. The van der Waals surface area contributed by atoms with Gasteiger partial charge in [-0.05, 0) is 48.9 Å².